The topological polar surface area (TPSA) is 49.6 Å². The van der Waals surface area contributed by atoms with Crippen LogP contribution in [0.5, 0.6) is 0 Å². The lowest BCUT2D eigenvalue weighted by molar-refractivity contribution is -0.123. The van der Waals surface area contributed by atoms with Crippen LogP contribution >= 0.6 is 0 Å². The van der Waals surface area contributed by atoms with Crippen LogP contribution in [0.3, 0.4) is 0 Å². The molecule has 2 unspecified atom stereocenters. The number of alkyl halides is 3. The molecule has 0 spiro atoms. The summed E-state index contributed by atoms with van der Waals surface area (Å²) in [6.07, 6.45) is 21.5. The Labute approximate surface area is 243 Å². The first-order valence-electron chi connectivity index (χ1n) is 15.0. The van der Waals surface area contributed by atoms with E-state index in [-0.39, 0.29) is 5.92 Å². The molecule has 0 radical (unpaired) electrons. The van der Waals surface area contributed by atoms with Gasteiger partial charge in [0.1, 0.15) is 6.54 Å². The molecule has 1 aliphatic heterocycles. The van der Waals surface area contributed by atoms with Crippen LogP contribution in [0, 0.1) is 24.7 Å². The van der Waals surface area contributed by atoms with E-state index in [2.05, 4.69) is 54.2 Å². The van der Waals surface area contributed by atoms with Crippen molar-refractivity contribution < 1.29 is 13.2 Å². The second-order valence-electron chi connectivity index (χ2n) is 11.4. The van der Waals surface area contributed by atoms with Crippen LogP contribution in [0.15, 0.2) is 76.1 Å². The number of allylic oxidation sites excluding steroid dienone is 8. The SMILES string of the molecule is C=C(NCC(F)(F)F)C(C1=C/CCC/C=C(CC2C=C(c3ccnc(C)c3/N=C\CCC)C=NCC2)/C=C\1)C1CC1. The molecule has 2 heterocycles. The Morgan fingerprint density at radius 1 is 1.20 bits per heavy atom. The van der Waals surface area contributed by atoms with Gasteiger partial charge in [0.15, 0.2) is 0 Å². The number of halogens is 3. The van der Waals surface area contributed by atoms with Gasteiger partial charge in [-0.05, 0) is 87.3 Å². The van der Waals surface area contributed by atoms with E-state index in [1.165, 1.54) is 5.57 Å². The van der Waals surface area contributed by atoms with Crippen molar-refractivity contribution >= 4 is 23.7 Å². The summed E-state index contributed by atoms with van der Waals surface area (Å²) < 4.78 is 38.7. The van der Waals surface area contributed by atoms with Gasteiger partial charge in [0.05, 0.1) is 11.4 Å². The van der Waals surface area contributed by atoms with Crippen LogP contribution in [-0.4, -0.2) is 36.7 Å². The molecule has 0 saturated heterocycles. The lowest BCUT2D eigenvalue weighted by atomic mass is 9.88. The van der Waals surface area contributed by atoms with Crippen molar-refractivity contribution in [3.63, 3.8) is 0 Å². The smallest absolute Gasteiger partial charge is 0.380 e. The van der Waals surface area contributed by atoms with Crippen LogP contribution in [0.25, 0.3) is 5.57 Å². The number of aromatic nitrogens is 1. The summed E-state index contributed by atoms with van der Waals surface area (Å²) in [6.45, 7) is 7.89. The molecule has 1 fully saturated rings. The average Bonchev–Trinajstić information content (AvgIpc) is 3.77. The number of aryl methyl sites for hydroxylation is 1. The molecule has 0 bridgehead atoms. The predicted octanol–water partition coefficient (Wildman–Crippen LogP) is 9.04. The number of hydrogen-bond acceptors (Lipinski definition) is 4. The van der Waals surface area contributed by atoms with E-state index in [0.29, 0.717) is 17.5 Å². The minimum atomic E-state index is -4.26. The van der Waals surface area contributed by atoms with Gasteiger partial charge in [-0.1, -0.05) is 55.9 Å². The Hall–Kier alpha value is -3.22. The highest BCUT2D eigenvalue weighted by atomic mass is 19.4. The summed E-state index contributed by atoms with van der Waals surface area (Å²) >= 11 is 0. The van der Waals surface area contributed by atoms with Gasteiger partial charge in [-0.2, -0.15) is 13.2 Å². The monoisotopic (exact) mass is 564 g/mol. The van der Waals surface area contributed by atoms with Gasteiger partial charge < -0.3 is 5.32 Å². The molecule has 2 atom stereocenters. The lowest BCUT2D eigenvalue weighted by Crippen LogP contribution is -2.31. The van der Waals surface area contributed by atoms with E-state index in [0.717, 1.165) is 92.4 Å². The number of hydrogen-bond donors (Lipinski definition) is 1. The maximum absolute atomic E-state index is 12.9. The van der Waals surface area contributed by atoms with Crippen molar-refractivity contribution in [3.8, 4) is 0 Å². The number of pyridine rings is 1. The zero-order valence-electron chi connectivity index (χ0n) is 24.4. The highest BCUT2D eigenvalue weighted by Crippen LogP contribution is 2.44. The molecule has 4 rings (SSSR count). The molecule has 0 amide bonds. The summed E-state index contributed by atoms with van der Waals surface area (Å²) in [5, 5.41) is 2.58. The van der Waals surface area contributed by atoms with Crippen molar-refractivity contribution in [3.05, 3.63) is 77.3 Å². The molecular weight excluding hydrogens is 521 g/mol. The van der Waals surface area contributed by atoms with E-state index in [9.17, 15) is 13.2 Å². The molecule has 1 N–H and O–H groups in total. The average molecular weight is 565 g/mol. The molecule has 0 aromatic carbocycles. The minimum Gasteiger partial charge on any atom is -0.380 e. The second-order valence-corrected chi connectivity index (χ2v) is 11.4. The molecule has 3 aliphatic rings. The molecular formula is C34H43F3N4. The summed E-state index contributed by atoms with van der Waals surface area (Å²) in [7, 11) is 0. The van der Waals surface area contributed by atoms with Crippen LogP contribution in [0.4, 0.5) is 18.9 Å². The summed E-state index contributed by atoms with van der Waals surface area (Å²) in [6, 6.07) is 2.03. The van der Waals surface area contributed by atoms with Gasteiger partial charge in [-0.15, -0.1) is 0 Å². The maximum atomic E-state index is 12.9. The predicted molar refractivity (Wildman–Crippen MR) is 165 cm³/mol. The molecule has 1 aromatic heterocycles. The lowest BCUT2D eigenvalue weighted by Gasteiger charge is -2.23. The van der Waals surface area contributed by atoms with Crippen molar-refractivity contribution in [2.45, 2.75) is 77.8 Å². The third-order valence-electron chi connectivity index (χ3n) is 7.86. The van der Waals surface area contributed by atoms with E-state index in [1.54, 1.807) is 0 Å². The quantitative estimate of drug-likeness (QED) is 0.273. The largest absolute Gasteiger partial charge is 0.405 e. The molecule has 2 aliphatic carbocycles. The Morgan fingerprint density at radius 3 is 2.76 bits per heavy atom. The van der Waals surface area contributed by atoms with E-state index in [4.69, 9.17) is 9.98 Å². The number of unbranched alkanes of at least 4 members (excludes halogenated alkanes) is 1. The first-order valence-corrected chi connectivity index (χ1v) is 15.0. The molecule has 220 valence electrons. The Bertz CT molecular complexity index is 1240. The normalized spacial score (nSPS) is 24.1. The fourth-order valence-electron chi connectivity index (χ4n) is 5.55. The minimum absolute atomic E-state index is 0.0904. The Balaban J connectivity index is 1.53. The van der Waals surface area contributed by atoms with Crippen LogP contribution in [-0.2, 0) is 0 Å². The third-order valence-corrected chi connectivity index (χ3v) is 7.86. The Kier molecular flexibility index (Phi) is 10.9. The van der Waals surface area contributed by atoms with Gasteiger partial charge in [-0.3, -0.25) is 15.0 Å². The van der Waals surface area contributed by atoms with E-state index in [1.807, 2.05) is 31.6 Å². The first kappa shape index (κ1) is 30.7. The highest BCUT2D eigenvalue weighted by Gasteiger charge is 2.36. The van der Waals surface area contributed by atoms with Gasteiger partial charge in [0, 0.05) is 42.3 Å². The van der Waals surface area contributed by atoms with Gasteiger partial charge in [0.2, 0.25) is 0 Å². The number of rotatable bonds is 11. The zero-order valence-corrected chi connectivity index (χ0v) is 24.4. The summed E-state index contributed by atoms with van der Waals surface area (Å²) in [4.78, 5) is 13.9. The first-order chi connectivity index (χ1) is 19.7. The fourth-order valence-corrected chi connectivity index (χ4v) is 5.55. The zero-order chi connectivity index (χ0) is 29.2. The summed E-state index contributed by atoms with van der Waals surface area (Å²) in [5.41, 5.74) is 6.77. The van der Waals surface area contributed by atoms with Gasteiger partial charge >= 0.3 is 6.18 Å². The van der Waals surface area contributed by atoms with Crippen molar-refractivity contribution in [2.24, 2.45) is 27.7 Å². The van der Waals surface area contributed by atoms with E-state index >= 15 is 0 Å². The van der Waals surface area contributed by atoms with Crippen molar-refractivity contribution in [1.82, 2.24) is 10.3 Å². The van der Waals surface area contributed by atoms with Gasteiger partial charge in [0.25, 0.3) is 0 Å². The van der Waals surface area contributed by atoms with Crippen molar-refractivity contribution in [1.29, 1.82) is 0 Å². The molecule has 4 nitrogen and oxygen atoms in total. The van der Waals surface area contributed by atoms with Crippen LogP contribution < -0.4 is 5.32 Å². The van der Waals surface area contributed by atoms with Crippen LogP contribution in [0.2, 0.25) is 0 Å². The molecule has 41 heavy (non-hydrogen) atoms. The maximum Gasteiger partial charge on any atom is 0.405 e. The number of aliphatic imine (C=N–C) groups is 2. The second kappa shape index (κ2) is 14.6. The molecule has 1 aromatic rings. The van der Waals surface area contributed by atoms with Crippen LogP contribution in [0.1, 0.15) is 76.0 Å². The van der Waals surface area contributed by atoms with Gasteiger partial charge in [-0.25, -0.2) is 0 Å². The highest BCUT2D eigenvalue weighted by molar-refractivity contribution is 6.12. The number of nitrogens with one attached hydrogen (secondary N) is 1. The summed E-state index contributed by atoms with van der Waals surface area (Å²) in [5.74, 6) is 0.572. The molecule has 7 heteroatoms. The number of nitrogens with zero attached hydrogens (tertiary/aromatic N) is 3. The Morgan fingerprint density at radius 2 is 2.00 bits per heavy atom. The van der Waals surface area contributed by atoms with Crippen molar-refractivity contribution in [2.75, 3.05) is 13.1 Å². The third kappa shape index (κ3) is 9.40. The van der Waals surface area contributed by atoms with E-state index < -0.39 is 12.7 Å². The molecule has 1 saturated carbocycles. The fraction of sp³-hybridized carbons (Fsp3) is 0.500. The standard InChI is InChI=1S/C34H43F3N4/c1-4-5-17-40-33-25(3)39-19-16-31(33)30-21-27(15-18-38-22-30)20-26-9-7-6-8-10-28(12-11-26)32(29-13-14-29)24(2)41-23-34(35,36)37/h9-12,16-17,19,21-22,27,29,32,41H,2,4-8,13-15,18,20,23H2,1,3H3/b12-11-,26-9-,28-10+,40-17-.